The largest absolute Gasteiger partial charge is 0.495 e. The third-order valence-corrected chi connectivity index (χ3v) is 6.69. The van der Waals surface area contributed by atoms with Crippen molar-refractivity contribution in [3.05, 3.63) is 42.5 Å². The number of carbonyl (C=O) groups excluding carboxylic acids is 1. The van der Waals surface area contributed by atoms with Crippen molar-refractivity contribution in [1.82, 2.24) is 19.4 Å². The van der Waals surface area contributed by atoms with E-state index in [0.717, 1.165) is 70.2 Å². The van der Waals surface area contributed by atoms with E-state index in [-0.39, 0.29) is 5.91 Å². The van der Waals surface area contributed by atoms with Gasteiger partial charge in [0.15, 0.2) is 0 Å². The normalized spacial score (nSPS) is 20.1. The number of ether oxygens (including phenoxy) is 1. The molecule has 0 bridgehead atoms. The number of nitrogens with zero attached hydrogens (tertiary/aromatic N) is 5. The molecule has 31 heavy (non-hydrogen) atoms. The highest BCUT2D eigenvalue weighted by Crippen LogP contribution is 2.29. The summed E-state index contributed by atoms with van der Waals surface area (Å²) in [5.41, 5.74) is 1.18. The fourth-order valence-electron chi connectivity index (χ4n) is 4.93. The minimum absolute atomic E-state index is 0.271. The summed E-state index contributed by atoms with van der Waals surface area (Å²) in [4.78, 5) is 24.3. The average molecular weight is 426 g/mol. The van der Waals surface area contributed by atoms with Gasteiger partial charge in [0.2, 0.25) is 5.91 Å². The molecule has 1 atom stereocenters. The predicted octanol–water partition coefficient (Wildman–Crippen LogP) is 2.66. The van der Waals surface area contributed by atoms with Gasteiger partial charge in [-0.25, -0.2) is 4.98 Å². The van der Waals surface area contributed by atoms with Gasteiger partial charge >= 0.3 is 0 Å². The van der Waals surface area contributed by atoms with Crippen LogP contribution in [0.4, 0.5) is 5.69 Å². The van der Waals surface area contributed by atoms with Crippen LogP contribution in [0, 0.1) is 0 Å². The molecule has 2 aromatic rings. The van der Waals surface area contributed by atoms with Crippen LogP contribution in [-0.2, 0) is 17.8 Å². The molecule has 1 amide bonds. The zero-order valence-corrected chi connectivity index (χ0v) is 18.9. The second-order valence-electron chi connectivity index (χ2n) is 8.47. The molecule has 0 spiro atoms. The van der Waals surface area contributed by atoms with Crippen molar-refractivity contribution < 1.29 is 9.53 Å². The molecule has 2 aliphatic rings. The number of anilines is 1. The van der Waals surface area contributed by atoms with Crippen LogP contribution in [0.3, 0.4) is 0 Å². The number of imidazole rings is 1. The lowest BCUT2D eigenvalue weighted by atomic mass is 10.0. The first kappa shape index (κ1) is 21.7. The van der Waals surface area contributed by atoms with Crippen molar-refractivity contribution >= 4 is 11.6 Å². The fraction of sp³-hybridized carbons (Fsp3) is 0.583. The molecule has 168 valence electrons. The summed E-state index contributed by atoms with van der Waals surface area (Å²) in [6.07, 6.45) is 7.52. The maximum Gasteiger partial charge on any atom is 0.224 e. The predicted molar refractivity (Wildman–Crippen MR) is 123 cm³/mol. The van der Waals surface area contributed by atoms with Crippen molar-refractivity contribution in [2.24, 2.45) is 0 Å². The van der Waals surface area contributed by atoms with E-state index in [1.807, 2.05) is 24.5 Å². The van der Waals surface area contributed by atoms with Crippen LogP contribution < -0.4 is 9.64 Å². The number of methoxy groups -OCH3 is 1. The van der Waals surface area contributed by atoms with E-state index >= 15 is 0 Å². The summed E-state index contributed by atoms with van der Waals surface area (Å²) in [5.74, 6) is 2.26. The van der Waals surface area contributed by atoms with Crippen molar-refractivity contribution in [2.45, 2.75) is 45.2 Å². The molecule has 2 fully saturated rings. The topological polar surface area (TPSA) is 53.8 Å². The highest BCUT2D eigenvalue weighted by atomic mass is 16.5. The van der Waals surface area contributed by atoms with Crippen LogP contribution >= 0.6 is 0 Å². The van der Waals surface area contributed by atoms with Crippen LogP contribution in [0.5, 0.6) is 5.75 Å². The fourth-order valence-corrected chi connectivity index (χ4v) is 4.93. The highest BCUT2D eigenvalue weighted by Gasteiger charge is 2.30. The van der Waals surface area contributed by atoms with Crippen molar-refractivity contribution in [1.29, 1.82) is 0 Å². The number of hydrogen-bond donors (Lipinski definition) is 0. The molecule has 7 nitrogen and oxygen atoms in total. The Morgan fingerprint density at radius 2 is 1.97 bits per heavy atom. The third-order valence-electron chi connectivity index (χ3n) is 6.69. The molecule has 1 aromatic carbocycles. The van der Waals surface area contributed by atoms with Gasteiger partial charge in [-0.1, -0.05) is 19.1 Å². The Balaban J connectivity index is 1.28. The van der Waals surface area contributed by atoms with Gasteiger partial charge in [0, 0.05) is 77.1 Å². The summed E-state index contributed by atoms with van der Waals surface area (Å²) in [5, 5.41) is 0. The molecular formula is C24H35N5O2. The van der Waals surface area contributed by atoms with Gasteiger partial charge in [-0.2, -0.15) is 0 Å². The standard InChI is InChI=1S/C24H35N5O2/c1-3-23-25-11-14-28(23)13-10-24(30)29-12-6-7-20(19-29)26-15-17-27(18-16-26)21-8-4-5-9-22(21)31-2/h4-5,8-9,11,14,20H,3,6-7,10,12-13,15-19H2,1-2H3. The Kier molecular flexibility index (Phi) is 7.12. The van der Waals surface area contributed by atoms with Gasteiger partial charge in [0.25, 0.3) is 0 Å². The molecule has 1 unspecified atom stereocenters. The zero-order chi connectivity index (χ0) is 21.6. The average Bonchev–Trinajstić information content (AvgIpc) is 3.30. The van der Waals surface area contributed by atoms with Gasteiger partial charge in [0.1, 0.15) is 11.6 Å². The number of rotatable bonds is 7. The lowest BCUT2D eigenvalue weighted by molar-refractivity contribution is -0.133. The number of para-hydroxylation sites is 2. The maximum atomic E-state index is 12.9. The van der Waals surface area contributed by atoms with E-state index in [0.29, 0.717) is 12.5 Å². The Bertz CT molecular complexity index is 859. The molecule has 0 aliphatic carbocycles. The molecule has 1 aromatic heterocycles. The van der Waals surface area contributed by atoms with Crippen molar-refractivity contribution in [3.63, 3.8) is 0 Å². The first-order chi connectivity index (χ1) is 15.2. The number of likely N-dealkylation sites (tertiary alicyclic amines) is 1. The second-order valence-corrected chi connectivity index (χ2v) is 8.47. The Morgan fingerprint density at radius 3 is 2.74 bits per heavy atom. The summed E-state index contributed by atoms with van der Waals surface area (Å²) < 4.78 is 7.65. The molecule has 0 N–H and O–H groups in total. The molecule has 0 radical (unpaired) electrons. The minimum atomic E-state index is 0.271. The van der Waals surface area contributed by atoms with Crippen molar-refractivity contribution in [2.75, 3.05) is 51.3 Å². The quantitative estimate of drug-likeness (QED) is 0.683. The van der Waals surface area contributed by atoms with E-state index in [4.69, 9.17) is 4.74 Å². The molecule has 3 heterocycles. The van der Waals surface area contributed by atoms with E-state index in [2.05, 4.69) is 43.3 Å². The molecule has 2 saturated heterocycles. The number of aryl methyl sites for hydroxylation is 2. The van der Waals surface area contributed by atoms with E-state index in [9.17, 15) is 4.79 Å². The van der Waals surface area contributed by atoms with Crippen LogP contribution in [0.1, 0.15) is 32.0 Å². The number of piperazine rings is 1. The van der Waals surface area contributed by atoms with E-state index in [1.54, 1.807) is 7.11 Å². The van der Waals surface area contributed by atoms with Gasteiger partial charge in [-0.3, -0.25) is 9.69 Å². The molecule has 2 aliphatic heterocycles. The third kappa shape index (κ3) is 5.03. The van der Waals surface area contributed by atoms with Crippen LogP contribution in [0.2, 0.25) is 0 Å². The Morgan fingerprint density at radius 1 is 1.16 bits per heavy atom. The lowest BCUT2D eigenvalue weighted by Gasteiger charge is -2.44. The Hall–Kier alpha value is -2.54. The minimum Gasteiger partial charge on any atom is -0.495 e. The zero-order valence-electron chi connectivity index (χ0n) is 18.9. The number of carbonyl (C=O) groups is 1. The number of piperidine rings is 1. The lowest BCUT2D eigenvalue weighted by Crippen LogP contribution is -2.56. The smallest absolute Gasteiger partial charge is 0.224 e. The van der Waals surface area contributed by atoms with Crippen LogP contribution in [-0.4, -0.2) is 77.7 Å². The van der Waals surface area contributed by atoms with Gasteiger partial charge < -0.3 is 19.1 Å². The van der Waals surface area contributed by atoms with E-state index < -0.39 is 0 Å². The monoisotopic (exact) mass is 425 g/mol. The second kappa shape index (κ2) is 10.2. The molecule has 7 heteroatoms. The van der Waals surface area contributed by atoms with Gasteiger partial charge in [0.05, 0.1) is 12.8 Å². The molecule has 0 saturated carbocycles. The molecular weight excluding hydrogens is 390 g/mol. The summed E-state index contributed by atoms with van der Waals surface area (Å²) in [7, 11) is 1.73. The highest BCUT2D eigenvalue weighted by molar-refractivity contribution is 5.76. The van der Waals surface area contributed by atoms with Crippen molar-refractivity contribution in [3.8, 4) is 5.75 Å². The van der Waals surface area contributed by atoms with Crippen LogP contribution in [0.25, 0.3) is 0 Å². The van der Waals surface area contributed by atoms with E-state index in [1.165, 1.54) is 12.1 Å². The first-order valence-corrected chi connectivity index (χ1v) is 11.6. The summed E-state index contributed by atoms with van der Waals surface area (Å²) in [6.45, 7) is 8.61. The van der Waals surface area contributed by atoms with Gasteiger partial charge in [-0.05, 0) is 25.0 Å². The SMILES string of the molecule is CCc1nccn1CCC(=O)N1CCCC(N2CCN(c3ccccc3OC)CC2)C1. The maximum absolute atomic E-state index is 12.9. The summed E-state index contributed by atoms with van der Waals surface area (Å²) in [6, 6.07) is 8.72. The number of amides is 1. The Labute approximate surface area is 185 Å². The first-order valence-electron chi connectivity index (χ1n) is 11.6. The summed E-state index contributed by atoms with van der Waals surface area (Å²) >= 11 is 0. The van der Waals surface area contributed by atoms with Crippen LogP contribution in [0.15, 0.2) is 36.7 Å². The number of benzene rings is 1. The number of hydrogen-bond acceptors (Lipinski definition) is 5. The number of aromatic nitrogens is 2. The van der Waals surface area contributed by atoms with Gasteiger partial charge in [-0.15, -0.1) is 0 Å². The molecule has 4 rings (SSSR count).